The molecule has 0 fully saturated rings. The molecule has 6 rings (SSSR count). The Hall–Kier alpha value is -5.17. The number of azo groups is 2. The summed E-state index contributed by atoms with van der Waals surface area (Å²) in [6.07, 6.45) is 0.801. The average Bonchev–Trinajstić information content (AvgIpc) is 3.15. The fourth-order valence-corrected chi connectivity index (χ4v) is 7.08. The molecule has 0 amide bonds. The van der Waals surface area contributed by atoms with Gasteiger partial charge < -0.3 is 19.3 Å². The zero-order valence-corrected chi connectivity index (χ0v) is 35.9. The maximum absolute atomic E-state index is 11.6. The second kappa shape index (κ2) is 18.4. The summed E-state index contributed by atoms with van der Waals surface area (Å²) in [6, 6.07) is 22.1. The Morgan fingerprint density at radius 1 is 0.561 bits per heavy atom. The van der Waals surface area contributed by atoms with E-state index in [1.54, 1.807) is 26.0 Å². The van der Waals surface area contributed by atoms with Gasteiger partial charge in [0.15, 0.2) is 0 Å². The van der Waals surface area contributed by atoms with Gasteiger partial charge >= 0.3 is 48.9 Å². The summed E-state index contributed by atoms with van der Waals surface area (Å²) in [5, 5.41) is 58.8. The maximum atomic E-state index is 11.6. The molecule has 0 radical (unpaired) electrons. The van der Waals surface area contributed by atoms with Crippen molar-refractivity contribution in [2.75, 3.05) is 0 Å². The van der Waals surface area contributed by atoms with Crippen LogP contribution in [0.15, 0.2) is 127 Å². The summed E-state index contributed by atoms with van der Waals surface area (Å²) in [5.74, 6) is -0.713. The van der Waals surface area contributed by atoms with Gasteiger partial charge in [0.1, 0.15) is 43.1 Å². The summed E-state index contributed by atoms with van der Waals surface area (Å²) < 4.78 is 69.6. The molecule has 0 spiro atoms. The molecule has 0 aromatic heterocycles. The van der Waals surface area contributed by atoms with Crippen LogP contribution in [0.4, 0.5) is 34.1 Å². The van der Waals surface area contributed by atoms with Crippen molar-refractivity contribution in [2.45, 2.75) is 36.5 Å². The standard InChI is InChI=1S/2C18H15N3O6S.Ba/c2*1-2-11-10-13(7-8-14(11)21(23)24)19-20-18-15(22)9-6-12-4-3-5-16(17(12)18)28(25,26)27;/h2*3-10,22H,2H2,1H3,(H,25,26,27);/q;;+2/p-2. The van der Waals surface area contributed by atoms with E-state index in [0.717, 1.165) is 12.1 Å². The molecule has 0 bridgehead atoms. The van der Waals surface area contributed by atoms with Gasteiger partial charge in [-0.15, -0.1) is 10.2 Å². The number of phenolic OH excluding ortho intramolecular Hbond substituents is 2. The average molecular weight is 938 g/mol. The van der Waals surface area contributed by atoms with E-state index in [2.05, 4.69) is 20.5 Å². The Morgan fingerprint density at radius 3 is 1.25 bits per heavy atom. The quantitative estimate of drug-likeness (QED) is 0.0431. The molecule has 6 aromatic carbocycles. The second-order valence-corrected chi connectivity index (χ2v) is 14.4. The summed E-state index contributed by atoms with van der Waals surface area (Å²) in [7, 11) is -9.63. The maximum Gasteiger partial charge on any atom is 2.00 e. The Bertz CT molecular complexity index is 2640. The van der Waals surface area contributed by atoms with E-state index in [1.807, 2.05) is 0 Å². The first-order valence-electron chi connectivity index (χ1n) is 16.2. The third-order valence-corrected chi connectivity index (χ3v) is 10.0. The van der Waals surface area contributed by atoms with Gasteiger partial charge in [-0.05, 0) is 72.1 Å². The molecule has 21 heteroatoms. The first kappa shape index (κ1) is 44.5. The number of nitrogens with zero attached hydrogens (tertiary/aromatic N) is 6. The SMILES string of the molecule is CCc1cc(N=Nc2c(O)ccc3cccc(S(=O)(=O)[O-])c23)ccc1[N+](=O)[O-].CCc1cc(N=Nc2c(O)ccc3cccc(S(=O)(=O)[O-])c23)ccc1[N+](=O)[O-].[Ba+2]. The number of nitro groups is 2. The van der Waals surface area contributed by atoms with Crippen LogP contribution in [0.3, 0.4) is 0 Å². The molecular weight excluding hydrogens is 910 g/mol. The van der Waals surface area contributed by atoms with Gasteiger partial charge in [0.05, 0.1) is 31.0 Å². The summed E-state index contributed by atoms with van der Waals surface area (Å²) in [4.78, 5) is 20.0. The van der Waals surface area contributed by atoms with E-state index in [0.29, 0.717) is 34.7 Å². The first-order valence-corrected chi connectivity index (χ1v) is 19.1. The predicted molar refractivity (Wildman–Crippen MR) is 206 cm³/mol. The normalized spacial score (nSPS) is 11.7. The molecule has 0 aliphatic carbocycles. The third-order valence-electron chi connectivity index (χ3n) is 8.27. The molecule has 0 unspecified atom stereocenters. The van der Waals surface area contributed by atoms with Crippen molar-refractivity contribution >= 4 is 125 Å². The Balaban J connectivity index is 0.000000248. The van der Waals surface area contributed by atoms with Gasteiger partial charge in [0.2, 0.25) is 0 Å². The number of hydrogen-bond acceptors (Lipinski definition) is 16. The van der Waals surface area contributed by atoms with Crippen molar-refractivity contribution in [3.63, 3.8) is 0 Å². The van der Waals surface area contributed by atoms with E-state index >= 15 is 0 Å². The van der Waals surface area contributed by atoms with Crippen LogP contribution in [0.5, 0.6) is 11.5 Å². The second-order valence-electron chi connectivity index (χ2n) is 11.7. The summed E-state index contributed by atoms with van der Waals surface area (Å²) in [5.41, 5.74) is 1.01. The number of aryl methyl sites for hydroxylation is 2. The molecular formula is C36H28BaN6O12S2. The topological polar surface area (TPSA) is 291 Å². The largest absolute Gasteiger partial charge is 2.00 e. The minimum absolute atomic E-state index is 0. The van der Waals surface area contributed by atoms with Crippen molar-refractivity contribution in [1.29, 1.82) is 0 Å². The molecule has 0 saturated carbocycles. The number of phenols is 2. The molecule has 0 atom stereocenters. The van der Waals surface area contributed by atoms with Crippen molar-refractivity contribution in [3.8, 4) is 11.5 Å². The third kappa shape index (κ3) is 10.2. The molecule has 0 aliphatic heterocycles. The molecule has 0 heterocycles. The Morgan fingerprint density at radius 2 is 0.930 bits per heavy atom. The van der Waals surface area contributed by atoms with Gasteiger partial charge in [-0.3, -0.25) is 20.2 Å². The van der Waals surface area contributed by atoms with E-state index in [4.69, 9.17) is 0 Å². The van der Waals surface area contributed by atoms with Crippen LogP contribution >= 0.6 is 0 Å². The van der Waals surface area contributed by atoms with Gasteiger partial charge in [-0.1, -0.05) is 50.2 Å². The Kier molecular flexibility index (Phi) is 14.4. The van der Waals surface area contributed by atoms with Gasteiger partial charge in [-0.25, -0.2) is 16.8 Å². The fraction of sp³-hybridized carbons (Fsp3) is 0.111. The number of aromatic hydroxyl groups is 2. The monoisotopic (exact) mass is 938 g/mol. The number of fused-ring (bicyclic) bond motifs is 2. The van der Waals surface area contributed by atoms with Gasteiger partial charge in [-0.2, -0.15) is 10.2 Å². The van der Waals surface area contributed by atoms with Crippen LogP contribution in [0.1, 0.15) is 25.0 Å². The number of rotatable bonds is 10. The van der Waals surface area contributed by atoms with Crippen molar-refractivity contribution in [1.82, 2.24) is 0 Å². The van der Waals surface area contributed by atoms with Crippen molar-refractivity contribution < 1.29 is 46.0 Å². The van der Waals surface area contributed by atoms with Crippen molar-refractivity contribution in [2.24, 2.45) is 20.5 Å². The summed E-state index contributed by atoms with van der Waals surface area (Å²) >= 11 is 0. The molecule has 0 saturated heterocycles. The zero-order chi connectivity index (χ0) is 40.9. The molecule has 6 aromatic rings. The fourth-order valence-electron chi connectivity index (χ4n) is 5.66. The number of benzene rings is 6. The van der Waals surface area contributed by atoms with Crippen LogP contribution in [-0.2, 0) is 33.1 Å². The smallest absolute Gasteiger partial charge is 0.744 e. The molecule has 2 N–H and O–H groups in total. The van der Waals surface area contributed by atoms with Crippen LogP contribution < -0.4 is 0 Å². The molecule has 0 aliphatic rings. The Labute approximate surface area is 364 Å². The molecule has 18 nitrogen and oxygen atoms in total. The first-order chi connectivity index (χ1) is 26.4. The summed E-state index contributed by atoms with van der Waals surface area (Å²) in [6.45, 7) is 3.51. The predicted octanol–water partition coefficient (Wildman–Crippen LogP) is 8.29. The van der Waals surface area contributed by atoms with E-state index in [1.165, 1.54) is 72.8 Å². The molecule has 57 heavy (non-hydrogen) atoms. The van der Waals surface area contributed by atoms with Gasteiger partial charge in [0.25, 0.3) is 11.4 Å². The molecule has 288 valence electrons. The number of hydrogen-bond donors (Lipinski definition) is 2. The number of nitro benzene ring substituents is 2. The minimum atomic E-state index is -4.82. The van der Waals surface area contributed by atoms with Crippen LogP contribution in [-0.4, -0.2) is 94.9 Å². The minimum Gasteiger partial charge on any atom is -0.744 e. The van der Waals surface area contributed by atoms with E-state index in [-0.39, 0.29) is 105 Å². The van der Waals surface area contributed by atoms with Crippen LogP contribution in [0, 0.1) is 20.2 Å². The van der Waals surface area contributed by atoms with E-state index < -0.39 is 39.9 Å². The van der Waals surface area contributed by atoms with Crippen molar-refractivity contribution in [3.05, 3.63) is 128 Å². The van der Waals surface area contributed by atoms with Crippen LogP contribution in [0.2, 0.25) is 0 Å². The van der Waals surface area contributed by atoms with Crippen LogP contribution in [0.25, 0.3) is 21.5 Å². The van der Waals surface area contributed by atoms with Gasteiger partial charge in [0, 0.05) is 34.0 Å². The van der Waals surface area contributed by atoms with E-state index in [9.17, 15) is 56.4 Å². The zero-order valence-electron chi connectivity index (χ0n) is 29.8.